The van der Waals surface area contributed by atoms with Gasteiger partial charge in [-0.15, -0.1) is 5.10 Å². The van der Waals surface area contributed by atoms with Gasteiger partial charge >= 0.3 is 6.18 Å². The number of ether oxygens (including phenoxy) is 2. The van der Waals surface area contributed by atoms with E-state index in [1.54, 1.807) is 20.1 Å². The lowest BCUT2D eigenvalue weighted by atomic mass is 9.73. The number of nitrogens with zero attached hydrogens (tertiary/aromatic N) is 4. The summed E-state index contributed by atoms with van der Waals surface area (Å²) in [5, 5.41) is 6.95. The van der Waals surface area contributed by atoms with E-state index in [9.17, 15) is 13.2 Å². The Labute approximate surface area is 177 Å². The summed E-state index contributed by atoms with van der Waals surface area (Å²) in [6.45, 7) is 5.38. The molecule has 10 heteroatoms. The minimum atomic E-state index is -4.64. The SMILES string of the molecule is COc1ccc(C)cc1C1(CNc2cc(C)nc3nc(C(F)(F)F)nn23)CCOCC1. The zero-order chi connectivity index (χ0) is 22.2. The van der Waals surface area contributed by atoms with Gasteiger partial charge in [0.15, 0.2) is 0 Å². The first-order valence-corrected chi connectivity index (χ1v) is 10.0. The van der Waals surface area contributed by atoms with Gasteiger partial charge < -0.3 is 14.8 Å². The number of aryl methyl sites for hydroxylation is 2. The second-order valence-electron chi connectivity index (χ2n) is 7.88. The van der Waals surface area contributed by atoms with Crippen LogP contribution in [0.25, 0.3) is 5.78 Å². The summed E-state index contributed by atoms with van der Waals surface area (Å²) < 4.78 is 51.7. The average molecular weight is 435 g/mol. The molecule has 166 valence electrons. The van der Waals surface area contributed by atoms with Crippen LogP contribution in [0, 0.1) is 13.8 Å². The van der Waals surface area contributed by atoms with E-state index < -0.39 is 12.0 Å². The molecule has 2 aromatic heterocycles. The molecule has 1 aliphatic rings. The van der Waals surface area contributed by atoms with Gasteiger partial charge in [0.1, 0.15) is 11.6 Å². The molecule has 0 radical (unpaired) electrons. The highest BCUT2D eigenvalue weighted by Gasteiger charge is 2.38. The number of hydrogen-bond donors (Lipinski definition) is 1. The number of anilines is 1. The number of fused-ring (bicyclic) bond motifs is 1. The van der Waals surface area contributed by atoms with Crippen molar-refractivity contribution in [2.45, 2.75) is 38.3 Å². The van der Waals surface area contributed by atoms with Crippen LogP contribution in [0.1, 0.15) is 35.5 Å². The number of benzene rings is 1. The van der Waals surface area contributed by atoms with Crippen LogP contribution in [0.3, 0.4) is 0 Å². The third-order valence-corrected chi connectivity index (χ3v) is 5.68. The average Bonchev–Trinajstić information content (AvgIpc) is 3.17. The lowest BCUT2D eigenvalue weighted by molar-refractivity contribution is -0.144. The highest BCUT2D eigenvalue weighted by molar-refractivity contribution is 5.48. The van der Waals surface area contributed by atoms with E-state index in [4.69, 9.17) is 9.47 Å². The molecule has 7 nitrogen and oxygen atoms in total. The molecule has 1 N–H and O–H groups in total. The Morgan fingerprint density at radius 3 is 2.58 bits per heavy atom. The van der Waals surface area contributed by atoms with Crippen molar-refractivity contribution in [3.8, 4) is 5.75 Å². The smallest absolute Gasteiger partial charge is 0.453 e. The lowest BCUT2D eigenvalue weighted by Gasteiger charge is -2.39. The van der Waals surface area contributed by atoms with Crippen LogP contribution in [0.15, 0.2) is 24.3 Å². The first-order chi connectivity index (χ1) is 14.7. The van der Waals surface area contributed by atoms with E-state index in [1.807, 2.05) is 19.1 Å². The van der Waals surface area contributed by atoms with Gasteiger partial charge in [-0.3, -0.25) is 0 Å². The summed E-state index contributed by atoms with van der Waals surface area (Å²) in [4.78, 5) is 7.64. The topological polar surface area (TPSA) is 73.6 Å². The number of aromatic nitrogens is 4. The highest BCUT2D eigenvalue weighted by atomic mass is 19.4. The number of hydrogen-bond acceptors (Lipinski definition) is 6. The molecule has 4 rings (SSSR count). The lowest BCUT2D eigenvalue weighted by Crippen LogP contribution is -2.40. The van der Waals surface area contributed by atoms with E-state index in [-0.39, 0.29) is 11.2 Å². The number of halogens is 3. The Balaban J connectivity index is 1.73. The molecular formula is C21H24F3N5O2. The highest BCUT2D eigenvalue weighted by Crippen LogP contribution is 2.40. The minimum absolute atomic E-state index is 0.0935. The molecule has 1 saturated heterocycles. The summed E-state index contributed by atoms with van der Waals surface area (Å²) >= 11 is 0. The Morgan fingerprint density at radius 1 is 1.16 bits per heavy atom. The second-order valence-corrected chi connectivity index (χ2v) is 7.88. The summed E-state index contributed by atoms with van der Waals surface area (Å²) in [6, 6.07) is 7.72. The van der Waals surface area contributed by atoms with Crippen LogP contribution in [0.2, 0.25) is 0 Å². The number of alkyl halides is 3. The molecule has 0 atom stereocenters. The van der Waals surface area contributed by atoms with Gasteiger partial charge in [0.25, 0.3) is 11.6 Å². The van der Waals surface area contributed by atoms with Crippen LogP contribution >= 0.6 is 0 Å². The Hall–Kier alpha value is -2.88. The van der Waals surface area contributed by atoms with Crippen molar-refractivity contribution in [3.63, 3.8) is 0 Å². The van der Waals surface area contributed by atoms with E-state index in [2.05, 4.69) is 26.4 Å². The second kappa shape index (κ2) is 7.99. The molecule has 1 fully saturated rings. The van der Waals surface area contributed by atoms with Gasteiger partial charge in [-0.1, -0.05) is 17.7 Å². The van der Waals surface area contributed by atoms with Crippen molar-refractivity contribution < 1.29 is 22.6 Å². The Bertz CT molecular complexity index is 1090. The van der Waals surface area contributed by atoms with E-state index in [0.717, 1.165) is 34.2 Å². The van der Waals surface area contributed by atoms with E-state index in [0.29, 0.717) is 31.3 Å². The van der Waals surface area contributed by atoms with Gasteiger partial charge in [0, 0.05) is 42.5 Å². The zero-order valence-electron chi connectivity index (χ0n) is 17.6. The Morgan fingerprint density at radius 2 is 1.90 bits per heavy atom. The minimum Gasteiger partial charge on any atom is -0.496 e. The van der Waals surface area contributed by atoms with Crippen molar-refractivity contribution in [1.82, 2.24) is 19.6 Å². The molecule has 0 bridgehead atoms. The molecule has 0 aliphatic carbocycles. The van der Waals surface area contributed by atoms with Gasteiger partial charge in [-0.2, -0.15) is 22.7 Å². The molecule has 3 heterocycles. The molecular weight excluding hydrogens is 411 g/mol. The molecule has 0 amide bonds. The fourth-order valence-corrected chi connectivity index (χ4v) is 4.03. The predicted octanol–water partition coefficient (Wildman–Crippen LogP) is 3.93. The van der Waals surface area contributed by atoms with Crippen LogP contribution in [0.4, 0.5) is 19.0 Å². The van der Waals surface area contributed by atoms with Crippen LogP contribution in [0.5, 0.6) is 5.75 Å². The summed E-state index contributed by atoms with van der Waals surface area (Å²) in [6.07, 6.45) is -3.15. The Kier molecular flexibility index (Phi) is 5.50. The maximum absolute atomic E-state index is 13.1. The van der Waals surface area contributed by atoms with Crippen molar-refractivity contribution in [2.24, 2.45) is 0 Å². The van der Waals surface area contributed by atoms with Crippen LogP contribution in [-0.4, -0.2) is 46.5 Å². The largest absolute Gasteiger partial charge is 0.496 e. The van der Waals surface area contributed by atoms with Gasteiger partial charge in [-0.05, 0) is 32.8 Å². The van der Waals surface area contributed by atoms with Gasteiger partial charge in [0.2, 0.25) is 0 Å². The normalized spacial score (nSPS) is 16.5. The van der Waals surface area contributed by atoms with E-state index >= 15 is 0 Å². The molecule has 3 aromatic rings. The maximum atomic E-state index is 13.1. The molecule has 1 aliphatic heterocycles. The van der Waals surface area contributed by atoms with Gasteiger partial charge in [-0.25, -0.2) is 4.98 Å². The first kappa shape index (κ1) is 21.4. The maximum Gasteiger partial charge on any atom is 0.453 e. The third-order valence-electron chi connectivity index (χ3n) is 5.68. The number of methoxy groups -OCH3 is 1. The predicted molar refractivity (Wildman–Crippen MR) is 108 cm³/mol. The first-order valence-electron chi connectivity index (χ1n) is 10.0. The van der Waals surface area contributed by atoms with Crippen molar-refractivity contribution in [3.05, 3.63) is 46.9 Å². The van der Waals surface area contributed by atoms with Crippen molar-refractivity contribution >= 4 is 11.6 Å². The summed E-state index contributed by atoms with van der Waals surface area (Å²) in [5.41, 5.74) is 2.40. The fourth-order valence-electron chi connectivity index (χ4n) is 4.03. The van der Waals surface area contributed by atoms with E-state index in [1.165, 1.54) is 0 Å². The third kappa shape index (κ3) is 4.16. The zero-order valence-corrected chi connectivity index (χ0v) is 17.6. The molecule has 0 unspecified atom stereocenters. The standard InChI is InChI=1S/C21H24F3N5O2/c1-13-4-5-16(30-3)15(10-13)20(6-8-31-9-7-20)12-25-17-11-14(2)26-19-27-18(21(22,23)24)28-29(17)19/h4-5,10-11,25H,6-9,12H2,1-3H3. The fraction of sp³-hybridized carbons (Fsp3) is 0.476. The summed E-state index contributed by atoms with van der Waals surface area (Å²) in [5.74, 6) is -0.118. The van der Waals surface area contributed by atoms with Crippen LogP contribution in [-0.2, 0) is 16.3 Å². The monoisotopic (exact) mass is 435 g/mol. The number of nitrogens with one attached hydrogen (secondary N) is 1. The van der Waals surface area contributed by atoms with Crippen molar-refractivity contribution in [2.75, 3.05) is 32.2 Å². The quantitative estimate of drug-likeness (QED) is 0.655. The molecule has 1 aromatic carbocycles. The summed E-state index contributed by atoms with van der Waals surface area (Å²) in [7, 11) is 1.64. The van der Waals surface area contributed by atoms with Gasteiger partial charge in [0.05, 0.1) is 7.11 Å². The molecule has 0 saturated carbocycles. The molecule has 31 heavy (non-hydrogen) atoms. The van der Waals surface area contributed by atoms with Crippen molar-refractivity contribution in [1.29, 1.82) is 0 Å². The van der Waals surface area contributed by atoms with Crippen LogP contribution < -0.4 is 10.1 Å². The molecule has 0 spiro atoms. The number of rotatable bonds is 5.